The molecule has 0 bridgehead atoms. The number of nitro benzene ring substituents is 1. The van der Waals surface area contributed by atoms with E-state index in [2.05, 4.69) is 22.0 Å². The molecule has 0 radical (unpaired) electrons. The first-order valence-corrected chi connectivity index (χ1v) is 11.6. The number of nitro groups is 1. The average molecular weight is 449 g/mol. The fourth-order valence-corrected chi connectivity index (χ4v) is 5.66. The lowest BCUT2D eigenvalue weighted by Gasteiger charge is -2.15. The molecule has 1 aliphatic heterocycles. The van der Waals surface area contributed by atoms with Gasteiger partial charge in [-0.05, 0) is 35.4 Å². The van der Waals surface area contributed by atoms with Crippen LogP contribution in [0.3, 0.4) is 0 Å². The minimum absolute atomic E-state index is 0.0129. The highest BCUT2D eigenvalue weighted by Crippen LogP contribution is 2.26. The first-order valence-electron chi connectivity index (χ1n) is 10.2. The molecule has 2 heterocycles. The summed E-state index contributed by atoms with van der Waals surface area (Å²) in [5.74, 6) is 0.445. The van der Waals surface area contributed by atoms with E-state index in [1.165, 1.54) is 39.4 Å². The lowest BCUT2D eigenvalue weighted by atomic mass is 10.1. The summed E-state index contributed by atoms with van der Waals surface area (Å²) in [7, 11) is -3.98. The van der Waals surface area contributed by atoms with Gasteiger partial charge in [-0.15, -0.1) is 0 Å². The maximum absolute atomic E-state index is 13.5. The SMILES string of the molecule is O=[N+]([O-])c1ccc(S(=O)(=O)n2c(CCN3Cc4ccccc4C3)nc3ccccc32)cc1. The molecule has 0 amide bonds. The van der Waals surface area contributed by atoms with Crippen molar-refractivity contribution in [3.8, 4) is 0 Å². The number of fused-ring (bicyclic) bond motifs is 2. The lowest BCUT2D eigenvalue weighted by molar-refractivity contribution is -0.384. The number of rotatable bonds is 6. The Morgan fingerprint density at radius 3 is 2.19 bits per heavy atom. The van der Waals surface area contributed by atoms with Gasteiger partial charge in [-0.2, -0.15) is 0 Å². The summed E-state index contributed by atoms with van der Waals surface area (Å²) >= 11 is 0. The molecule has 1 aliphatic rings. The molecule has 1 aromatic heterocycles. The van der Waals surface area contributed by atoms with Crippen LogP contribution in [-0.4, -0.2) is 33.7 Å². The second-order valence-corrected chi connectivity index (χ2v) is 9.55. The summed E-state index contributed by atoms with van der Waals surface area (Å²) in [5.41, 5.74) is 3.51. The largest absolute Gasteiger partial charge is 0.294 e. The van der Waals surface area contributed by atoms with Gasteiger partial charge in [0, 0.05) is 38.2 Å². The van der Waals surface area contributed by atoms with Crippen LogP contribution < -0.4 is 0 Å². The number of para-hydroxylation sites is 2. The number of imidazole rings is 1. The Labute approximate surface area is 184 Å². The Morgan fingerprint density at radius 1 is 0.906 bits per heavy atom. The molecule has 0 saturated carbocycles. The zero-order valence-electron chi connectivity index (χ0n) is 17.1. The topological polar surface area (TPSA) is 98.3 Å². The van der Waals surface area contributed by atoms with Crippen LogP contribution in [0.5, 0.6) is 0 Å². The van der Waals surface area contributed by atoms with Crippen molar-refractivity contribution in [3.63, 3.8) is 0 Å². The van der Waals surface area contributed by atoms with Gasteiger partial charge in [0.15, 0.2) is 0 Å². The Kier molecular flexibility index (Phi) is 4.99. The van der Waals surface area contributed by atoms with Crippen molar-refractivity contribution >= 4 is 26.7 Å². The zero-order chi connectivity index (χ0) is 22.3. The average Bonchev–Trinajstić information content (AvgIpc) is 3.38. The van der Waals surface area contributed by atoms with Crippen LogP contribution in [0.25, 0.3) is 11.0 Å². The summed E-state index contributed by atoms with van der Waals surface area (Å²) in [6.45, 7) is 2.31. The van der Waals surface area contributed by atoms with Crippen LogP contribution in [0, 0.1) is 10.1 Å². The molecule has 3 aromatic carbocycles. The van der Waals surface area contributed by atoms with Crippen molar-refractivity contribution in [3.05, 3.63) is 99.9 Å². The van der Waals surface area contributed by atoms with Crippen molar-refractivity contribution in [2.45, 2.75) is 24.4 Å². The smallest absolute Gasteiger partial charge is 0.269 e. The molecule has 0 atom stereocenters. The van der Waals surface area contributed by atoms with E-state index in [4.69, 9.17) is 0 Å². The van der Waals surface area contributed by atoms with Crippen molar-refractivity contribution in [1.29, 1.82) is 0 Å². The van der Waals surface area contributed by atoms with Crippen LogP contribution in [0.2, 0.25) is 0 Å². The Morgan fingerprint density at radius 2 is 1.53 bits per heavy atom. The summed E-state index contributed by atoms with van der Waals surface area (Å²) < 4.78 is 28.3. The third-order valence-corrected chi connectivity index (χ3v) is 7.48. The number of hydrogen-bond donors (Lipinski definition) is 0. The first-order chi connectivity index (χ1) is 15.4. The van der Waals surface area contributed by atoms with E-state index in [9.17, 15) is 18.5 Å². The van der Waals surface area contributed by atoms with E-state index < -0.39 is 14.9 Å². The highest BCUT2D eigenvalue weighted by Gasteiger charge is 2.26. The van der Waals surface area contributed by atoms with E-state index in [-0.39, 0.29) is 10.6 Å². The van der Waals surface area contributed by atoms with E-state index in [0.717, 1.165) is 13.1 Å². The Bertz CT molecular complexity index is 1400. The normalized spacial score (nSPS) is 14.0. The van der Waals surface area contributed by atoms with Crippen LogP contribution in [0.4, 0.5) is 5.69 Å². The molecule has 162 valence electrons. The van der Waals surface area contributed by atoms with Crippen molar-refractivity contribution < 1.29 is 13.3 Å². The van der Waals surface area contributed by atoms with Crippen molar-refractivity contribution in [1.82, 2.24) is 13.9 Å². The van der Waals surface area contributed by atoms with Gasteiger partial charge in [0.25, 0.3) is 15.7 Å². The van der Waals surface area contributed by atoms with E-state index in [1.807, 2.05) is 18.2 Å². The van der Waals surface area contributed by atoms with Gasteiger partial charge in [-0.3, -0.25) is 15.0 Å². The standard InChI is InChI=1S/C23H20N4O4S/c28-27(29)19-9-11-20(12-10-19)32(30,31)26-22-8-4-3-7-21(22)24-23(26)13-14-25-15-17-5-1-2-6-18(17)16-25/h1-12H,13-16H2. The first kappa shape index (κ1) is 20.3. The summed E-state index contributed by atoms with van der Waals surface area (Å²) in [5, 5.41) is 10.9. The van der Waals surface area contributed by atoms with Crippen LogP contribution in [0.15, 0.2) is 77.7 Å². The molecule has 0 saturated heterocycles. The van der Waals surface area contributed by atoms with Crippen molar-refractivity contribution in [2.24, 2.45) is 0 Å². The van der Waals surface area contributed by atoms with Crippen molar-refractivity contribution in [2.75, 3.05) is 6.54 Å². The number of hydrogen-bond acceptors (Lipinski definition) is 6. The van der Waals surface area contributed by atoms with Gasteiger partial charge in [-0.1, -0.05) is 36.4 Å². The molecule has 0 aliphatic carbocycles. The molecule has 32 heavy (non-hydrogen) atoms. The monoisotopic (exact) mass is 448 g/mol. The second kappa shape index (κ2) is 7.85. The summed E-state index contributed by atoms with van der Waals surface area (Å²) in [6.07, 6.45) is 0.453. The minimum Gasteiger partial charge on any atom is -0.294 e. The van der Waals surface area contributed by atoms with Gasteiger partial charge in [0.2, 0.25) is 0 Å². The second-order valence-electron chi connectivity index (χ2n) is 7.77. The zero-order valence-corrected chi connectivity index (χ0v) is 17.9. The Hall–Kier alpha value is -3.56. The molecular formula is C23H20N4O4S. The fraction of sp³-hybridized carbons (Fsp3) is 0.174. The van der Waals surface area contributed by atoms with E-state index in [0.29, 0.717) is 29.8 Å². The van der Waals surface area contributed by atoms with E-state index >= 15 is 0 Å². The van der Waals surface area contributed by atoms with Crippen LogP contribution >= 0.6 is 0 Å². The predicted octanol–water partition coefficient (Wildman–Crippen LogP) is 3.74. The maximum atomic E-state index is 13.5. The summed E-state index contributed by atoms with van der Waals surface area (Å²) in [4.78, 5) is 17.3. The third-order valence-electron chi connectivity index (χ3n) is 5.73. The van der Waals surface area contributed by atoms with Crippen LogP contribution in [-0.2, 0) is 29.5 Å². The number of benzene rings is 3. The molecule has 8 nitrogen and oxygen atoms in total. The Balaban J connectivity index is 1.49. The molecule has 0 N–H and O–H groups in total. The third kappa shape index (κ3) is 3.55. The fourth-order valence-electron chi connectivity index (χ4n) is 4.14. The molecular weight excluding hydrogens is 428 g/mol. The summed E-state index contributed by atoms with van der Waals surface area (Å²) in [6, 6.07) is 20.3. The van der Waals surface area contributed by atoms with Crippen LogP contribution in [0.1, 0.15) is 17.0 Å². The maximum Gasteiger partial charge on any atom is 0.269 e. The molecule has 0 fully saturated rings. The van der Waals surface area contributed by atoms with E-state index in [1.54, 1.807) is 18.2 Å². The molecule has 0 unspecified atom stereocenters. The number of non-ortho nitro benzene ring substituents is 1. The molecule has 0 spiro atoms. The molecule has 5 rings (SSSR count). The van der Waals surface area contributed by atoms with Gasteiger partial charge in [-0.25, -0.2) is 17.4 Å². The highest BCUT2D eigenvalue weighted by molar-refractivity contribution is 7.90. The van der Waals surface area contributed by atoms with Gasteiger partial charge in [0.1, 0.15) is 5.82 Å². The van der Waals surface area contributed by atoms with Gasteiger partial charge in [0.05, 0.1) is 20.9 Å². The molecule has 4 aromatic rings. The molecule has 9 heteroatoms. The quantitative estimate of drug-likeness (QED) is 0.329. The van der Waals surface area contributed by atoms with Gasteiger partial charge < -0.3 is 0 Å². The van der Waals surface area contributed by atoms with Gasteiger partial charge >= 0.3 is 0 Å². The number of aromatic nitrogens is 2. The lowest BCUT2D eigenvalue weighted by Crippen LogP contribution is -2.23. The minimum atomic E-state index is -3.98. The predicted molar refractivity (Wildman–Crippen MR) is 120 cm³/mol. The highest BCUT2D eigenvalue weighted by atomic mass is 32.2. The number of nitrogens with zero attached hydrogens (tertiary/aromatic N) is 4.